The van der Waals surface area contributed by atoms with Crippen molar-refractivity contribution in [3.8, 4) is 0 Å². The van der Waals surface area contributed by atoms with Gasteiger partial charge in [-0.05, 0) is 25.8 Å². The number of halogens is 1. The summed E-state index contributed by atoms with van der Waals surface area (Å²) in [5.74, 6) is 1.52. The van der Waals surface area contributed by atoms with Gasteiger partial charge in [-0.25, -0.2) is 0 Å². The van der Waals surface area contributed by atoms with Crippen LogP contribution in [0.25, 0.3) is 0 Å². The summed E-state index contributed by atoms with van der Waals surface area (Å²) in [7, 11) is 2.12. The summed E-state index contributed by atoms with van der Waals surface area (Å²) in [5.41, 5.74) is 6.05. The molecule has 112 valence electrons. The van der Waals surface area contributed by atoms with E-state index in [4.69, 9.17) is 10.5 Å². The second kappa shape index (κ2) is 8.26. The Bertz CT molecular complexity index is 292. The van der Waals surface area contributed by atoms with E-state index in [9.17, 15) is 0 Å². The van der Waals surface area contributed by atoms with Gasteiger partial charge in [0.25, 0.3) is 0 Å². The van der Waals surface area contributed by atoms with E-state index < -0.39 is 0 Å². The number of nitrogens with zero attached hydrogens (tertiary/aromatic N) is 3. The number of nitrogens with two attached hydrogens (primary N) is 1. The molecule has 2 heterocycles. The molecule has 1 atom stereocenters. The van der Waals surface area contributed by atoms with Crippen LogP contribution in [0.3, 0.4) is 0 Å². The first-order valence-corrected chi connectivity index (χ1v) is 7.00. The third kappa shape index (κ3) is 5.43. The summed E-state index contributed by atoms with van der Waals surface area (Å²) in [6, 6.07) is 0. The van der Waals surface area contributed by atoms with Crippen LogP contribution in [-0.2, 0) is 4.74 Å². The van der Waals surface area contributed by atoms with Crippen molar-refractivity contribution in [2.24, 2.45) is 16.6 Å². The Hall–Kier alpha value is -0.0800. The number of hydrogen-bond donors (Lipinski definition) is 1. The number of guanidine groups is 1. The fraction of sp³-hybridized carbons (Fsp3) is 0.923. The van der Waals surface area contributed by atoms with Gasteiger partial charge >= 0.3 is 0 Å². The summed E-state index contributed by atoms with van der Waals surface area (Å²) in [4.78, 5) is 8.98. The molecule has 2 aliphatic rings. The van der Waals surface area contributed by atoms with Crippen LogP contribution in [0.1, 0.15) is 19.8 Å². The van der Waals surface area contributed by atoms with Crippen LogP contribution in [0.4, 0.5) is 0 Å². The standard InChI is InChI=1S/C13H26N4O.HI/c1-11-3-5-17(6-4-11)13(14)15-9-12-10-16(2)7-8-18-12;/h11-12H,3-10H2,1-2H3,(H2,14,15);1H. The first-order chi connectivity index (χ1) is 8.65. The van der Waals surface area contributed by atoms with Gasteiger partial charge in [-0.3, -0.25) is 4.99 Å². The summed E-state index contributed by atoms with van der Waals surface area (Å²) in [5, 5.41) is 0. The number of hydrogen-bond acceptors (Lipinski definition) is 3. The minimum Gasteiger partial charge on any atom is -0.374 e. The van der Waals surface area contributed by atoms with Crippen LogP contribution < -0.4 is 5.73 Å². The predicted molar refractivity (Wildman–Crippen MR) is 89.1 cm³/mol. The van der Waals surface area contributed by atoms with Crippen LogP contribution >= 0.6 is 24.0 Å². The van der Waals surface area contributed by atoms with Gasteiger partial charge in [0.15, 0.2) is 5.96 Å². The lowest BCUT2D eigenvalue weighted by Gasteiger charge is -2.32. The van der Waals surface area contributed by atoms with Gasteiger partial charge < -0.3 is 20.3 Å². The molecule has 19 heavy (non-hydrogen) atoms. The molecule has 0 bridgehead atoms. The molecule has 0 aromatic rings. The van der Waals surface area contributed by atoms with Crippen molar-refractivity contribution in [1.29, 1.82) is 0 Å². The Morgan fingerprint density at radius 1 is 1.32 bits per heavy atom. The molecule has 0 aliphatic carbocycles. The van der Waals surface area contributed by atoms with E-state index in [0.29, 0.717) is 12.5 Å². The minimum atomic E-state index is 0. The Morgan fingerprint density at radius 2 is 2.00 bits per heavy atom. The number of aliphatic imine (C=N–C) groups is 1. The zero-order valence-electron chi connectivity index (χ0n) is 12.0. The van der Waals surface area contributed by atoms with E-state index in [-0.39, 0.29) is 30.1 Å². The van der Waals surface area contributed by atoms with Crippen molar-refractivity contribution in [2.45, 2.75) is 25.9 Å². The van der Waals surface area contributed by atoms with Crippen molar-refractivity contribution < 1.29 is 4.74 Å². The molecule has 2 fully saturated rings. The zero-order chi connectivity index (χ0) is 13.0. The van der Waals surface area contributed by atoms with Crippen molar-refractivity contribution in [1.82, 2.24) is 9.80 Å². The van der Waals surface area contributed by atoms with Gasteiger partial charge in [-0.15, -0.1) is 24.0 Å². The van der Waals surface area contributed by atoms with Crippen LogP contribution in [0, 0.1) is 5.92 Å². The highest BCUT2D eigenvalue weighted by Crippen LogP contribution is 2.15. The average Bonchev–Trinajstić information content (AvgIpc) is 2.37. The average molecular weight is 382 g/mol. The molecule has 0 spiro atoms. The van der Waals surface area contributed by atoms with Crippen molar-refractivity contribution >= 4 is 29.9 Å². The molecular weight excluding hydrogens is 355 g/mol. The van der Waals surface area contributed by atoms with Crippen molar-refractivity contribution in [3.63, 3.8) is 0 Å². The summed E-state index contributed by atoms with van der Waals surface area (Å²) >= 11 is 0. The largest absolute Gasteiger partial charge is 0.374 e. The number of rotatable bonds is 2. The molecular formula is C13H27IN4O. The molecule has 2 saturated heterocycles. The Morgan fingerprint density at radius 3 is 2.63 bits per heavy atom. The minimum absolute atomic E-state index is 0. The Labute approximate surface area is 133 Å². The third-order valence-electron chi connectivity index (χ3n) is 3.91. The van der Waals surface area contributed by atoms with Crippen LogP contribution in [0.5, 0.6) is 0 Å². The second-order valence-corrected chi connectivity index (χ2v) is 5.62. The Kier molecular flexibility index (Phi) is 7.38. The van der Waals surface area contributed by atoms with E-state index in [1.807, 2.05) is 0 Å². The lowest BCUT2D eigenvalue weighted by molar-refractivity contribution is -0.0137. The normalized spacial score (nSPS) is 27.2. The lowest BCUT2D eigenvalue weighted by Crippen LogP contribution is -2.44. The maximum atomic E-state index is 6.05. The summed E-state index contributed by atoms with van der Waals surface area (Å²) in [6.07, 6.45) is 2.64. The fourth-order valence-electron chi connectivity index (χ4n) is 2.51. The molecule has 2 N–H and O–H groups in total. The first kappa shape index (κ1) is 17.0. The number of morpholine rings is 1. The van der Waals surface area contributed by atoms with E-state index in [0.717, 1.165) is 38.7 Å². The van der Waals surface area contributed by atoms with Crippen LogP contribution in [0.2, 0.25) is 0 Å². The maximum absolute atomic E-state index is 6.05. The van der Waals surface area contributed by atoms with E-state index in [2.05, 4.69) is 28.8 Å². The molecule has 0 saturated carbocycles. The van der Waals surface area contributed by atoms with Crippen molar-refractivity contribution in [2.75, 3.05) is 46.4 Å². The molecule has 0 radical (unpaired) electrons. The molecule has 0 aromatic heterocycles. The first-order valence-electron chi connectivity index (χ1n) is 7.00. The van der Waals surface area contributed by atoms with Gasteiger partial charge in [0, 0.05) is 26.2 Å². The highest BCUT2D eigenvalue weighted by atomic mass is 127. The molecule has 1 unspecified atom stereocenters. The predicted octanol–water partition coefficient (Wildman–Crippen LogP) is 0.982. The van der Waals surface area contributed by atoms with E-state index >= 15 is 0 Å². The van der Waals surface area contributed by atoms with Crippen LogP contribution in [0.15, 0.2) is 4.99 Å². The van der Waals surface area contributed by atoms with E-state index in [1.165, 1.54) is 12.8 Å². The molecule has 2 rings (SSSR count). The summed E-state index contributed by atoms with van der Waals surface area (Å²) < 4.78 is 5.68. The molecule has 0 amide bonds. The Balaban J connectivity index is 0.00000180. The van der Waals surface area contributed by atoms with Gasteiger partial charge in [0.2, 0.25) is 0 Å². The highest BCUT2D eigenvalue weighted by Gasteiger charge is 2.19. The number of piperidine rings is 1. The number of ether oxygens (including phenoxy) is 1. The van der Waals surface area contributed by atoms with Gasteiger partial charge in [0.1, 0.15) is 0 Å². The summed E-state index contributed by atoms with van der Waals surface area (Å²) in [6.45, 7) is 7.84. The molecule has 6 heteroatoms. The highest BCUT2D eigenvalue weighted by molar-refractivity contribution is 14.0. The second-order valence-electron chi connectivity index (χ2n) is 5.62. The quantitative estimate of drug-likeness (QED) is 0.440. The molecule has 5 nitrogen and oxygen atoms in total. The van der Waals surface area contributed by atoms with Crippen LogP contribution in [-0.4, -0.2) is 68.2 Å². The van der Waals surface area contributed by atoms with E-state index in [1.54, 1.807) is 0 Å². The topological polar surface area (TPSA) is 54.1 Å². The fourth-order valence-corrected chi connectivity index (χ4v) is 2.51. The monoisotopic (exact) mass is 382 g/mol. The number of likely N-dealkylation sites (tertiary alicyclic amines) is 1. The van der Waals surface area contributed by atoms with Gasteiger partial charge in [-0.2, -0.15) is 0 Å². The lowest BCUT2D eigenvalue weighted by atomic mass is 10.00. The van der Waals surface area contributed by atoms with Gasteiger partial charge in [-0.1, -0.05) is 6.92 Å². The molecule has 0 aromatic carbocycles. The smallest absolute Gasteiger partial charge is 0.191 e. The maximum Gasteiger partial charge on any atom is 0.191 e. The SMILES string of the molecule is CC1CCN(C(N)=NCC2CN(C)CCO2)CC1.I. The molecule has 2 aliphatic heterocycles. The third-order valence-corrected chi connectivity index (χ3v) is 3.91. The van der Waals surface area contributed by atoms with Gasteiger partial charge in [0.05, 0.1) is 19.3 Å². The number of likely N-dealkylation sites (N-methyl/N-ethyl adjacent to an activating group) is 1. The van der Waals surface area contributed by atoms with Crippen molar-refractivity contribution in [3.05, 3.63) is 0 Å². The zero-order valence-corrected chi connectivity index (χ0v) is 14.4.